The topological polar surface area (TPSA) is 101 Å². The van der Waals surface area contributed by atoms with Gasteiger partial charge in [-0.1, -0.05) is 12.1 Å². The van der Waals surface area contributed by atoms with E-state index >= 15 is 0 Å². The second-order valence-corrected chi connectivity index (χ2v) is 6.64. The molecule has 0 bridgehead atoms. The molecule has 1 aliphatic heterocycles. The zero-order valence-electron chi connectivity index (χ0n) is 15.4. The highest BCUT2D eigenvalue weighted by atomic mass is 16.2. The highest BCUT2D eigenvalue weighted by Crippen LogP contribution is 2.15. The van der Waals surface area contributed by atoms with Gasteiger partial charge in [0.05, 0.1) is 5.69 Å². The van der Waals surface area contributed by atoms with Gasteiger partial charge in [-0.15, -0.1) is 0 Å². The van der Waals surface area contributed by atoms with Crippen LogP contribution in [-0.2, 0) is 6.54 Å². The van der Waals surface area contributed by atoms with Crippen molar-refractivity contribution in [3.8, 4) is 5.69 Å². The SMILES string of the molecule is O=C(NCc1ccc(-n2cncn2)cc1)NC1CCN(c2ncccn2)CC1. The van der Waals surface area contributed by atoms with Gasteiger partial charge in [0.25, 0.3) is 0 Å². The molecule has 0 saturated carbocycles. The Morgan fingerprint density at radius 2 is 1.86 bits per heavy atom. The number of nitrogens with one attached hydrogen (secondary N) is 2. The summed E-state index contributed by atoms with van der Waals surface area (Å²) in [7, 11) is 0. The van der Waals surface area contributed by atoms with Gasteiger partial charge in [0, 0.05) is 38.1 Å². The molecule has 1 aromatic carbocycles. The van der Waals surface area contributed by atoms with E-state index < -0.39 is 0 Å². The molecule has 0 unspecified atom stereocenters. The van der Waals surface area contributed by atoms with Crippen molar-refractivity contribution in [1.82, 2.24) is 35.4 Å². The van der Waals surface area contributed by atoms with E-state index in [1.165, 1.54) is 6.33 Å². The Bertz CT molecular complexity index is 874. The molecule has 9 heteroatoms. The molecule has 2 aromatic heterocycles. The number of nitrogens with zero attached hydrogens (tertiary/aromatic N) is 6. The minimum absolute atomic E-state index is 0.144. The van der Waals surface area contributed by atoms with Crippen molar-refractivity contribution >= 4 is 12.0 Å². The Morgan fingerprint density at radius 3 is 2.54 bits per heavy atom. The fourth-order valence-corrected chi connectivity index (χ4v) is 3.21. The van der Waals surface area contributed by atoms with Crippen molar-refractivity contribution in [3.63, 3.8) is 0 Å². The van der Waals surface area contributed by atoms with E-state index in [2.05, 4.69) is 35.6 Å². The van der Waals surface area contributed by atoms with Crippen molar-refractivity contribution < 1.29 is 4.79 Å². The lowest BCUT2D eigenvalue weighted by Gasteiger charge is -2.32. The third-order valence-corrected chi connectivity index (χ3v) is 4.74. The summed E-state index contributed by atoms with van der Waals surface area (Å²) >= 11 is 0. The van der Waals surface area contributed by atoms with Gasteiger partial charge in [0.2, 0.25) is 5.95 Å². The number of anilines is 1. The minimum atomic E-state index is -0.144. The number of hydrogen-bond acceptors (Lipinski definition) is 6. The van der Waals surface area contributed by atoms with E-state index in [4.69, 9.17) is 0 Å². The summed E-state index contributed by atoms with van der Waals surface area (Å²) in [4.78, 5) is 26.8. The first-order valence-corrected chi connectivity index (χ1v) is 9.28. The largest absolute Gasteiger partial charge is 0.341 e. The highest BCUT2D eigenvalue weighted by Gasteiger charge is 2.21. The first kappa shape index (κ1) is 17.9. The normalized spacial score (nSPS) is 14.6. The number of carbonyl (C=O) groups is 1. The van der Waals surface area contributed by atoms with Crippen LogP contribution >= 0.6 is 0 Å². The number of carbonyl (C=O) groups excluding carboxylic acids is 1. The van der Waals surface area contributed by atoms with Crippen molar-refractivity contribution in [2.24, 2.45) is 0 Å². The molecule has 1 aliphatic rings. The van der Waals surface area contributed by atoms with Crippen molar-refractivity contribution in [2.75, 3.05) is 18.0 Å². The zero-order valence-corrected chi connectivity index (χ0v) is 15.4. The Hall–Kier alpha value is -3.49. The van der Waals surface area contributed by atoms with Crippen LogP contribution in [0.4, 0.5) is 10.7 Å². The van der Waals surface area contributed by atoms with E-state index in [0.717, 1.165) is 43.1 Å². The molecule has 0 aliphatic carbocycles. The molecule has 9 nitrogen and oxygen atoms in total. The van der Waals surface area contributed by atoms with Crippen LogP contribution in [0.15, 0.2) is 55.4 Å². The maximum absolute atomic E-state index is 12.2. The summed E-state index contributed by atoms with van der Waals surface area (Å²) in [6.07, 6.45) is 8.39. The van der Waals surface area contributed by atoms with Crippen LogP contribution in [0.2, 0.25) is 0 Å². The standard InChI is InChI=1S/C19H22N8O/c28-19(23-12-15-2-4-17(5-3-15)27-14-20-13-24-27)25-16-6-10-26(11-7-16)18-21-8-1-9-22-18/h1-5,8-9,13-14,16H,6-7,10-12H2,(H2,23,25,28). The van der Waals surface area contributed by atoms with E-state index in [1.54, 1.807) is 23.4 Å². The van der Waals surface area contributed by atoms with E-state index in [1.807, 2.05) is 30.3 Å². The monoisotopic (exact) mass is 378 g/mol. The fraction of sp³-hybridized carbons (Fsp3) is 0.316. The molecule has 2 N–H and O–H groups in total. The number of piperidine rings is 1. The van der Waals surface area contributed by atoms with Gasteiger partial charge in [-0.2, -0.15) is 5.10 Å². The van der Waals surface area contributed by atoms with Crippen LogP contribution in [0, 0.1) is 0 Å². The molecule has 2 amide bonds. The predicted molar refractivity (Wildman–Crippen MR) is 104 cm³/mol. The third kappa shape index (κ3) is 4.43. The molecule has 0 spiro atoms. The first-order valence-electron chi connectivity index (χ1n) is 9.28. The summed E-state index contributed by atoms with van der Waals surface area (Å²) in [5.74, 6) is 0.750. The van der Waals surface area contributed by atoms with E-state index in [0.29, 0.717) is 6.54 Å². The molecular formula is C19H22N8O. The van der Waals surface area contributed by atoms with Gasteiger partial charge in [-0.3, -0.25) is 0 Å². The second kappa shape index (κ2) is 8.47. The van der Waals surface area contributed by atoms with Gasteiger partial charge in [0.15, 0.2) is 0 Å². The Labute approximate surface area is 162 Å². The van der Waals surface area contributed by atoms with Crippen LogP contribution < -0.4 is 15.5 Å². The van der Waals surface area contributed by atoms with Crippen molar-refractivity contribution in [3.05, 3.63) is 60.9 Å². The lowest BCUT2D eigenvalue weighted by molar-refractivity contribution is 0.234. The summed E-state index contributed by atoms with van der Waals surface area (Å²) in [5.41, 5.74) is 1.95. The number of rotatable bonds is 5. The van der Waals surface area contributed by atoms with Crippen LogP contribution in [0.25, 0.3) is 5.69 Å². The maximum Gasteiger partial charge on any atom is 0.315 e. The lowest BCUT2D eigenvalue weighted by Crippen LogP contribution is -2.48. The molecular weight excluding hydrogens is 356 g/mol. The minimum Gasteiger partial charge on any atom is -0.341 e. The number of urea groups is 1. The van der Waals surface area contributed by atoms with Crippen LogP contribution in [0.3, 0.4) is 0 Å². The van der Waals surface area contributed by atoms with Gasteiger partial charge >= 0.3 is 6.03 Å². The summed E-state index contributed by atoms with van der Waals surface area (Å²) in [6.45, 7) is 2.14. The van der Waals surface area contributed by atoms with E-state index in [-0.39, 0.29) is 12.1 Å². The van der Waals surface area contributed by atoms with Crippen LogP contribution in [-0.4, -0.2) is 49.9 Å². The van der Waals surface area contributed by atoms with Gasteiger partial charge in [0.1, 0.15) is 12.7 Å². The van der Waals surface area contributed by atoms with Crippen molar-refractivity contribution in [2.45, 2.75) is 25.4 Å². The molecule has 3 aromatic rings. The Morgan fingerprint density at radius 1 is 1.11 bits per heavy atom. The summed E-state index contributed by atoms with van der Waals surface area (Å²) in [6, 6.07) is 9.66. The second-order valence-electron chi connectivity index (χ2n) is 6.64. The van der Waals surface area contributed by atoms with E-state index in [9.17, 15) is 4.79 Å². The molecule has 28 heavy (non-hydrogen) atoms. The summed E-state index contributed by atoms with van der Waals surface area (Å²) < 4.78 is 1.69. The average molecular weight is 378 g/mol. The molecule has 3 heterocycles. The van der Waals surface area contributed by atoms with Crippen LogP contribution in [0.5, 0.6) is 0 Å². The predicted octanol–water partition coefficient (Wildman–Crippen LogP) is 1.53. The average Bonchev–Trinajstić information content (AvgIpc) is 3.29. The molecule has 1 saturated heterocycles. The summed E-state index contributed by atoms with van der Waals surface area (Å²) in [5, 5.41) is 10.1. The molecule has 4 rings (SSSR count). The first-order chi connectivity index (χ1) is 13.8. The smallest absolute Gasteiger partial charge is 0.315 e. The maximum atomic E-state index is 12.2. The number of hydrogen-bond donors (Lipinski definition) is 2. The zero-order chi connectivity index (χ0) is 19.2. The van der Waals surface area contributed by atoms with Crippen LogP contribution in [0.1, 0.15) is 18.4 Å². The van der Waals surface area contributed by atoms with Crippen molar-refractivity contribution in [1.29, 1.82) is 0 Å². The lowest BCUT2D eigenvalue weighted by atomic mass is 10.1. The molecule has 0 radical (unpaired) electrons. The van der Waals surface area contributed by atoms with Gasteiger partial charge in [-0.05, 0) is 36.6 Å². The number of aromatic nitrogens is 5. The quantitative estimate of drug-likeness (QED) is 0.698. The van der Waals surface area contributed by atoms with Gasteiger partial charge < -0.3 is 15.5 Å². The Balaban J connectivity index is 1.21. The fourth-order valence-electron chi connectivity index (χ4n) is 3.21. The highest BCUT2D eigenvalue weighted by molar-refractivity contribution is 5.74. The van der Waals surface area contributed by atoms with Gasteiger partial charge in [-0.25, -0.2) is 24.4 Å². The molecule has 1 fully saturated rings. The molecule has 144 valence electrons. The number of amides is 2. The Kier molecular flexibility index (Phi) is 5.41. The number of benzene rings is 1. The molecule has 0 atom stereocenters. The third-order valence-electron chi connectivity index (χ3n) is 4.74.